The molecular formula is C16H14O2. The number of ether oxygens (including phenoxy) is 2. The van der Waals surface area contributed by atoms with E-state index in [1.165, 1.54) is 5.39 Å². The van der Waals surface area contributed by atoms with Gasteiger partial charge in [-0.05, 0) is 24.3 Å². The second-order valence-corrected chi connectivity index (χ2v) is 4.89. The SMILES string of the molecule is C1=CC(C2Oc3ccc4ccccc4c3O2)CC1. The van der Waals surface area contributed by atoms with E-state index in [-0.39, 0.29) is 6.29 Å². The van der Waals surface area contributed by atoms with E-state index >= 15 is 0 Å². The second kappa shape index (κ2) is 3.77. The molecule has 0 spiro atoms. The van der Waals surface area contributed by atoms with Gasteiger partial charge in [0.2, 0.25) is 6.29 Å². The molecule has 1 aliphatic carbocycles. The van der Waals surface area contributed by atoms with Crippen molar-refractivity contribution in [2.75, 3.05) is 0 Å². The zero-order chi connectivity index (χ0) is 11.9. The summed E-state index contributed by atoms with van der Waals surface area (Å²) in [6.07, 6.45) is 6.52. The minimum absolute atomic E-state index is 0.149. The molecule has 2 nitrogen and oxygen atoms in total. The van der Waals surface area contributed by atoms with Crippen molar-refractivity contribution < 1.29 is 9.47 Å². The third-order valence-electron chi connectivity index (χ3n) is 3.72. The first-order valence-electron chi connectivity index (χ1n) is 6.43. The Labute approximate surface area is 106 Å². The normalized spacial score (nSPS) is 24.9. The minimum Gasteiger partial charge on any atom is -0.450 e. The minimum atomic E-state index is -0.149. The average molecular weight is 238 g/mol. The molecule has 2 unspecified atom stereocenters. The fourth-order valence-corrected chi connectivity index (χ4v) is 2.76. The molecule has 0 aromatic heterocycles. The van der Waals surface area contributed by atoms with Crippen molar-refractivity contribution in [3.63, 3.8) is 0 Å². The molecule has 2 aromatic carbocycles. The van der Waals surface area contributed by atoms with E-state index in [0.29, 0.717) is 5.92 Å². The van der Waals surface area contributed by atoms with Crippen LogP contribution in [0.15, 0.2) is 48.6 Å². The third-order valence-corrected chi connectivity index (χ3v) is 3.72. The number of hydrogen-bond donors (Lipinski definition) is 0. The lowest BCUT2D eigenvalue weighted by Crippen LogP contribution is -2.26. The fraction of sp³-hybridized carbons (Fsp3) is 0.250. The molecule has 0 fully saturated rings. The topological polar surface area (TPSA) is 18.5 Å². The molecule has 1 aliphatic heterocycles. The van der Waals surface area contributed by atoms with Crippen LogP contribution < -0.4 is 9.47 Å². The molecule has 0 bridgehead atoms. The van der Waals surface area contributed by atoms with Gasteiger partial charge in [0.15, 0.2) is 11.5 Å². The predicted molar refractivity (Wildman–Crippen MR) is 70.9 cm³/mol. The smallest absolute Gasteiger partial charge is 0.247 e. The Kier molecular flexibility index (Phi) is 2.10. The Hall–Kier alpha value is -1.96. The van der Waals surface area contributed by atoms with Crippen LogP contribution >= 0.6 is 0 Å². The van der Waals surface area contributed by atoms with Gasteiger partial charge in [-0.25, -0.2) is 0 Å². The van der Waals surface area contributed by atoms with E-state index in [9.17, 15) is 0 Å². The van der Waals surface area contributed by atoms with Gasteiger partial charge in [-0.15, -0.1) is 0 Å². The van der Waals surface area contributed by atoms with E-state index < -0.39 is 0 Å². The first-order chi connectivity index (χ1) is 8.92. The quantitative estimate of drug-likeness (QED) is 0.701. The lowest BCUT2D eigenvalue weighted by atomic mass is 10.1. The Bertz CT molecular complexity index is 630. The first kappa shape index (κ1) is 10.0. The van der Waals surface area contributed by atoms with Crippen molar-refractivity contribution in [3.8, 4) is 11.5 Å². The van der Waals surface area contributed by atoms with Gasteiger partial charge >= 0.3 is 0 Å². The number of hydrogen-bond acceptors (Lipinski definition) is 2. The fourth-order valence-electron chi connectivity index (χ4n) is 2.76. The van der Waals surface area contributed by atoms with Gasteiger partial charge in [-0.2, -0.15) is 0 Å². The maximum atomic E-state index is 6.03. The first-order valence-corrected chi connectivity index (χ1v) is 6.43. The van der Waals surface area contributed by atoms with Gasteiger partial charge in [-0.3, -0.25) is 0 Å². The monoisotopic (exact) mass is 238 g/mol. The summed E-state index contributed by atoms with van der Waals surface area (Å²) in [7, 11) is 0. The maximum absolute atomic E-state index is 6.03. The molecule has 2 heteroatoms. The van der Waals surface area contributed by atoms with Gasteiger partial charge in [0.25, 0.3) is 0 Å². The molecule has 90 valence electrons. The molecule has 2 aromatic rings. The Morgan fingerprint density at radius 2 is 1.94 bits per heavy atom. The summed E-state index contributed by atoms with van der Waals surface area (Å²) in [5.74, 6) is 2.16. The van der Waals surface area contributed by atoms with Gasteiger partial charge < -0.3 is 9.47 Å². The van der Waals surface area contributed by atoms with Crippen molar-refractivity contribution in [2.24, 2.45) is 5.92 Å². The molecule has 0 saturated heterocycles. The van der Waals surface area contributed by atoms with E-state index in [1.54, 1.807) is 0 Å². The summed E-state index contributed by atoms with van der Waals surface area (Å²) in [4.78, 5) is 0. The van der Waals surface area contributed by atoms with Crippen LogP contribution in [0.2, 0.25) is 0 Å². The highest BCUT2D eigenvalue weighted by atomic mass is 16.7. The molecule has 0 amide bonds. The number of fused-ring (bicyclic) bond motifs is 3. The van der Waals surface area contributed by atoms with Crippen molar-refractivity contribution >= 4 is 10.8 Å². The van der Waals surface area contributed by atoms with Crippen LogP contribution in [-0.2, 0) is 0 Å². The predicted octanol–water partition coefficient (Wildman–Crippen LogP) is 3.90. The van der Waals surface area contributed by atoms with E-state index in [1.807, 2.05) is 18.2 Å². The lowest BCUT2D eigenvalue weighted by molar-refractivity contribution is 0.0135. The molecule has 0 N–H and O–H groups in total. The average Bonchev–Trinajstić information content (AvgIpc) is 3.07. The zero-order valence-corrected chi connectivity index (χ0v) is 10.0. The van der Waals surface area contributed by atoms with Crippen molar-refractivity contribution in [1.82, 2.24) is 0 Å². The molecule has 1 heterocycles. The van der Waals surface area contributed by atoms with Crippen LogP contribution in [0.3, 0.4) is 0 Å². The summed E-state index contributed by atoms with van der Waals surface area (Å²) in [5.41, 5.74) is 0. The zero-order valence-electron chi connectivity index (χ0n) is 10.0. The number of allylic oxidation sites excluding steroid dienone is 1. The van der Waals surface area contributed by atoms with Crippen molar-refractivity contribution in [3.05, 3.63) is 48.6 Å². The van der Waals surface area contributed by atoms with Crippen molar-refractivity contribution in [2.45, 2.75) is 19.1 Å². The molecule has 0 radical (unpaired) electrons. The van der Waals surface area contributed by atoms with Gasteiger partial charge in [0.05, 0.1) is 5.92 Å². The van der Waals surface area contributed by atoms with Gasteiger partial charge in [0.1, 0.15) is 0 Å². The highest BCUT2D eigenvalue weighted by Gasteiger charge is 2.32. The maximum Gasteiger partial charge on any atom is 0.247 e. The van der Waals surface area contributed by atoms with E-state index in [4.69, 9.17) is 9.47 Å². The second-order valence-electron chi connectivity index (χ2n) is 4.89. The van der Waals surface area contributed by atoms with Gasteiger partial charge in [-0.1, -0.05) is 42.5 Å². The summed E-state index contributed by atoms with van der Waals surface area (Å²) in [6.45, 7) is 0. The Morgan fingerprint density at radius 1 is 1.00 bits per heavy atom. The highest BCUT2D eigenvalue weighted by Crippen LogP contribution is 2.43. The van der Waals surface area contributed by atoms with Gasteiger partial charge in [0, 0.05) is 5.39 Å². The van der Waals surface area contributed by atoms with Crippen LogP contribution in [0.5, 0.6) is 11.5 Å². The van der Waals surface area contributed by atoms with Crippen LogP contribution in [0.4, 0.5) is 0 Å². The summed E-state index contributed by atoms with van der Waals surface area (Å²) in [5, 5.41) is 2.34. The number of rotatable bonds is 1. The largest absolute Gasteiger partial charge is 0.450 e. The molecule has 4 rings (SSSR count). The number of benzene rings is 2. The molecule has 2 aliphatic rings. The van der Waals surface area contributed by atoms with E-state index in [2.05, 4.69) is 30.4 Å². The Morgan fingerprint density at radius 3 is 2.83 bits per heavy atom. The van der Waals surface area contributed by atoms with Crippen LogP contribution in [0, 0.1) is 5.92 Å². The Balaban J connectivity index is 1.76. The molecule has 2 atom stereocenters. The summed E-state index contributed by atoms with van der Waals surface area (Å²) >= 11 is 0. The van der Waals surface area contributed by atoms with E-state index in [0.717, 1.165) is 29.7 Å². The van der Waals surface area contributed by atoms with Crippen LogP contribution in [-0.4, -0.2) is 6.29 Å². The summed E-state index contributed by atoms with van der Waals surface area (Å²) in [6, 6.07) is 12.4. The summed E-state index contributed by atoms with van der Waals surface area (Å²) < 4.78 is 12.0. The molecule has 18 heavy (non-hydrogen) atoms. The molecule has 0 saturated carbocycles. The van der Waals surface area contributed by atoms with Crippen LogP contribution in [0.25, 0.3) is 10.8 Å². The van der Waals surface area contributed by atoms with Crippen LogP contribution in [0.1, 0.15) is 12.8 Å². The standard InChI is InChI=1S/C16H14O2/c1-2-7-12(6-1)16-17-14-10-9-11-5-3-4-8-13(11)15(14)18-16/h1,3-6,8-10,12,16H,2,7H2. The third kappa shape index (κ3) is 1.42. The molecular weight excluding hydrogens is 224 g/mol. The lowest BCUT2D eigenvalue weighted by Gasteiger charge is -2.15. The highest BCUT2D eigenvalue weighted by molar-refractivity contribution is 5.91. The van der Waals surface area contributed by atoms with Crippen molar-refractivity contribution in [1.29, 1.82) is 0 Å².